The minimum atomic E-state index is -2.93. The zero-order valence-corrected chi connectivity index (χ0v) is 13.8. The Morgan fingerprint density at radius 2 is 2.00 bits per heavy atom. The van der Waals surface area contributed by atoms with Gasteiger partial charge in [0.1, 0.15) is 0 Å². The largest absolute Gasteiger partial charge is 0.481 e. The maximum absolute atomic E-state index is 11.7. The van der Waals surface area contributed by atoms with E-state index >= 15 is 0 Å². The van der Waals surface area contributed by atoms with Crippen molar-refractivity contribution in [1.29, 1.82) is 0 Å². The van der Waals surface area contributed by atoms with Gasteiger partial charge in [-0.15, -0.1) is 0 Å². The lowest BCUT2D eigenvalue weighted by molar-refractivity contribution is -0.146. The summed E-state index contributed by atoms with van der Waals surface area (Å²) in [5.74, 6) is -0.0829. The highest BCUT2D eigenvalue weighted by atomic mass is 32.2. The first-order chi connectivity index (χ1) is 9.84. The molecule has 1 heterocycles. The van der Waals surface area contributed by atoms with Crippen LogP contribution in [0.25, 0.3) is 0 Å². The minimum absolute atomic E-state index is 0.0118. The highest BCUT2D eigenvalue weighted by molar-refractivity contribution is 7.91. The second kappa shape index (κ2) is 6.65. The van der Waals surface area contributed by atoms with Gasteiger partial charge in [0.25, 0.3) is 0 Å². The van der Waals surface area contributed by atoms with E-state index in [-0.39, 0.29) is 29.5 Å². The van der Waals surface area contributed by atoms with Crippen LogP contribution in [0, 0.1) is 11.8 Å². The highest BCUT2D eigenvalue weighted by Crippen LogP contribution is 2.36. The monoisotopic (exact) mass is 317 g/mol. The van der Waals surface area contributed by atoms with Crippen LogP contribution < -0.4 is 0 Å². The smallest absolute Gasteiger partial charge is 0.308 e. The van der Waals surface area contributed by atoms with E-state index in [1.165, 1.54) is 0 Å². The van der Waals surface area contributed by atoms with E-state index in [4.69, 9.17) is 0 Å². The molecule has 122 valence electrons. The fourth-order valence-electron chi connectivity index (χ4n) is 4.01. The number of hydrogen-bond donors (Lipinski definition) is 1. The summed E-state index contributed by atoms with van der Waals surface area (Å²) < 4.78 is 23.3. The average Bonchev–Trinajstić information content (AvgIpc) is 2.78. The second-order valence-electron chi connectivity index (χ2n) is 6.70. The lowest BCUT2D eigenvalue weighted by Gasteiger charge is -2.41. The second-order valence-corrected chi connectivity index (χ2v) is 8.93. The summed E-state index contributed by atoms with van der Waals surface area (Å²) in [7, 11) is -1.01. The molecule has 6 heteroatoms. The summed E-state index contributed by atoms with van der Waals surface area (Å²) in [6, 6.07) is -0.0340. The van der Waals surface area contributed by atoms with E-state index in [1.807, 2.05) is 7.05 Å². The van der Waals surface area contributed by atoms with Crippen molar-refractivity contribution in [2.45, 2.75) is 57.5 Å². The van der Waals surface area contributed by atoms with Crippen molar-refractivity contribution in [2.24, 2.45) is 11.8 Å². The Balaban J connectivity index is 2.09. The van der Waals surface area contributed by atoms with E-state index in [1.54, 1.807) is 0 Å². The summed E-state index contributed by atoms with van der Waals surface area (Å²) in [5.41, 5.74) is 0. The fraction of sp³-hybridized carbons (Fsp3) is 0.933. The van der Waals surface area contributed by atoms with Crippen LogP contribution in [0.2, 0.25) is 0 Å². The van der Waals surface area contributed by atoms with Crippen LogP contribution in [0.15, 0.2) is 0 Å². The molecule has 0 aromatic heterocycles. The van der Waals surface area contributed by atoms with Crippen molar-refractivity contribution >= 4 is 15.8 Å². The van der Waals surface area contributed by atoms with Crippen molar-refractivity contribution in [1.82, 2.24) is 4.90 Å². The van der Waals surface area contributed by atoms with E-state index in [0.717, 1.165) is 25.7 Å². The first-order valence-corrected chi connectivity index (χ1v) is 9.81. The molecule has 1 aliphatic heterocycles. The van der Waals surface area contributed by atoms with Crippen LogP contribution in [0.5, 0.6) is 0 Å². The molecule has 5 nitrogen and oxygen atoms in total. The molecule has 0 aromatic rings. The van der Waals surface area contributed by atoms with Crippen LogP contribution in [-0.2, 0) is 14.6 Å². The SMILES string of the molecule is CCCC1CCC(C(=O)O)C(N(C)C2CCS(=O)(=O)C2)C1. The standard InChI is InChI=1S/C15H27NO4S/c1-3-4-11-5-6-13(15(17)18)14(9-11)16(2)12-7-8-21(19,20)10-12/h11-14H,3-10H2,1-2H3,(H,17,18). The molecule has 0 bridgehead atoms. The van der Waals surface area contributed by atoms with Gasteiger partial charge in [0.05, 0.1) is 17.4 Å². The first kappa shape index (κ1) is 16.7. The Hall–Kier alpha value is -0.620. The third kappa shape index (κ3) is 3.97. The molecule has 1 aliphatic carbocycles. The Kier molecular flexibility index (Phi) is 5.30. The Labute approximate surface area is 127 Å². The lowest BCUT2D eigenvalue weighted by Crippen LogP contribution is -2.50. The Morgan fingerprint density at radius 3 is 2.52 bits per heavy atom. The summed E-state index contributed by atoms with van der Waals surface area (Å²) in [4.78, 5) is 13.6. The summed E-state index contributed by atoms with van der Waals surface area (Å²) in [5, 5.41) is 9.47. The number of aliphatic carboxylic acids is 1. The van der Waals surface area contributed by atoms with Gasteiger partial charge in [0.15, 0.2) is 9.84 Å². The molecule has 4 atom stereocenters. The molecule has 2 fully saturated rings. The van der Waals surface area contributed by atoms with E-state index in [9.17, 15) is 18.3 Å². The van der Waals surface area contributed by atoms with Crippen molar-refractivity contribution in [3.05, 3.63) is 0 Å². The maximum Gasteiger partial charge on any atom is 0.308 e. The maximum atomic E-state index is 11.7. The zero-order valence-electron chi connectivity index (χ0n) is 13.0. The molecule has 1 saturated carbocycles. The summed E-state index contributed by atoms with van der Waals surface area (Å²) >= 11 is 0. The molecule has 1 saturated heterocycles. The minimum Gasteiger partial charge on any atom is -0.481 e. The molecule has 0 aromatic carbocycles. The van der Waals surface area contributed by atoms with Crippen LogP contribution in [0.1, 0.15) is 45.4 Å². The number of rotatable bonds is 5. The molecule has 2 aliphatic rings. The van der Waals surface area contributed by atoms with Crippen molar-refractivity contribution in [3.63, 3.8) is 0 Å². The molecule has 21 heavy (non-hydrogen) atoms. The molecular weight excluding hydrogens is 290 g/mol. The number of nitrogens with zero attached hydrogens (tertiary/aromatic N) is 1. The highest BCUT2D eigenvalue weighted by Gasteiger charge is 2.41. The predicted molar refractivity (Wildman–Crippen MR) is 82.0 cm³/mol. The van der Waals surface area contributed by atoms with Gasteiger partial charge in [-0.3, -0.25) is 9.69 Å². The average molecular weight is 317 g/mol. The van der Waals surface area contributed by atoms with Crippen molar-refractivity contribution in [3.8, 4) is 0 Å². The molecule has 4 unspecified atom stereocenters. The molecule has 0 amide bonds. The third-order valence-electron chi connectivity index (χ3n) is 5.25. The van der Waals surface area contributed by atoms with Crippen molar-refractivity contribution < 1.29 is 18.3 Å². The molecule has 0 spiro atoms. The topological polar surface area (TPSA) is 74.7 Å². The number of sulfone groups is 1. The predicted octanol–water partition coefficient (Wildman–Crippen LogP) is 1.77. The zero-order chi connectivity index (χ0) is 15.6. The van der Waals surface area contributed by atoms with Crippen LogP contribution >= 0.6 is 0 Å². The number of carbonyl (C=O) groups is 1. The van der Waals surface area contributed by atoms with Gasteiger partial charge >= 0.3 is 5.97 Å². The van der Waals surface area contributed by atoms with Gasteiger partial charge < -0.3 is 5.11 Å². The van der Waals surface area contributed by atoms with Crippen LogP contribution in [0.4, 0.5) is 0 Å². The normalized spacial score (nSPS) is 36.0. The Morgan fingerprint density at radius 1 is 1.29 bits per heavy atom. The summed E-state index contributed by atoms with van der Waals surface area (Å²) in [6.07, 6.45) is 5.49. The molecule has 2 rings (SSSR count). The van der Waals surface area contributed by atoms with Crippen LogP contribution in [0.3, 0.4) is 0 Å². The van der Waals surface area contributed by atoms with E-state index in [0.29, 0.717) is 18.8 Å². The third-order valence-corrected chi connectivity index (χ3v) is 7.00. The molecule has 0 radical (unpaired) electrons. The lowest BCUT2D eigenvalue weighted by atomic mass is 9.75. The Bertz CT molecular complexity index is 476. The van der Waals surface area contributed by atoms with Gasteiger partial charge in [0.2, 0.25) is 0 Å². The van der Waals surface area contributed by atoms with E-state index in [2.05, 4.69) is 11.8 Å². The van der Waals surface area contributed by atoms with Gasteiger partial charge in [0, 0.05) is 12.1 Å². The number of carboxylic acid groups (broad SMARTS) is 1. The number of hydrogen-bond acceptors (Lipinski definition) is 4. The number of carboxylic acids is 1. The summed E-state index contributed by atoms with van der Waals surface area (Å²) in [6.45, 7) is 2.16. The molecule has 1 N–H and O–H groups in total. The van der Waals surface area contributed by atoms with E-state index < -0.39 is 15.8 Å². The first-order valence-electron chi connectivity index (χ1n) is 7.99. The van der Waals surface area contributed by atoms with Gasteiger partial charge in [-0.2, -0.15) is 0 Å². The van der Waals surface area contributed by atoms with Gasteiger partial charge in [-0.05, 0) is 38.6 Å². The van der Waals surface area contributed by atoms with Gasteiger partial charge in [-0.25, -0.2) is 8.42 Å². The fourth-order valence-corrected chi connectivity index (χ4v) is 5.79. The van der Waals surface area contributed by atoms with Crippen molar-refractivity contribution in [2.75, 3.05) is 18.6 Å². The van der Waals surface area contributed by atoms with Crippen LogP contribution in [-0.4, -0.2) is 55.0 Å². The van der Waals surface area contributed by atoms with Gasteiger partial charge in [-0.1, -0.05) is 19.8 Å². The molecular formula is C15H27NO4S. The quantitative estimate of drug-likeness (QED) is 0.836.